The van der Waals surface area contributed by atoms with Crippen molar-refractivity contribution in [2.45, 2.75) is 18.2 Å². The molecule has 0 saturated carbocycles. The smallest absolute Gasteiger partial charge is 0.220 e. The highest BCUT2D eigenvalue weighted by molar-refractivity contribution is 7.99. The molecule has 1 rings (SSSR count). The van der Waals surface area contributed by atoms with E-state index in [0.717, 1.165) is 0 Å². The molecular formula is C11H15FN2OS. The summed E-state index contributed by atoms with van der Waals surface area (Å²) in [6.45, 7) is 2.50. The summed E-state index contributed by atoms with van der Waals surface area (Å²) in [5.74, 6) is 0.291. The number of amides is 1. The lowest BCUT2D eigenvalue weighted by Crippen LogP contribution is -2.22. The van der Waals surface area contributed by atoms with E-state index in [1.54, 1.807) is 0 Å². The van der Waals surface area contributed by atoms with Crippen molar-refractivity contribution >= 4 is 23.4 Å². The zero-order valence-corrected chi connectivity index (χ0v) is 9.94. The second kappa shape index (κ2) is 6.37. The third-order valence-electron chi connectivity index (χ3n) is 1.94. The minimum absolute atomic E-state index is 0.00461. The van der Waals surface area contributed by atoms with E-state index in [-0.39, 0.29) is 11.7 Å². The van der Waals surface area contributed by atoms with Crippen LogP contribution in [-0.2, 0) is 4.79 Å². The monoisotopic (exact) mass is 242 g/mol. The van der Waals surface area contributed by atoms with Gasteiger partial charge in [0.25, 0.3) is 0 Å². The molecule has 16 heavy (non-hydrogen) atoms. The first-order chi connectivity index (χ1) is 7.63. The van der Waals surface area contributed by atoms with Crippen LogP contribution in [0.5, 0.6) is 0 Å². The van der Waals surface area contributed by atoms with Crippen molar-refractivity contribution in [3.63, 3.8) is 0 Å². The average molecular weight is 242 g/mol. The van der Waals surface area contributed by atoms with Crippen LogP contribution in [0, 0.1) is 5.82 Å². The number of hydrogen-bond acceptors (Lipinski definition) is 3. The Morgan fingerprint density at radius 3 is 3.00 bits per heavy atom. The minimum Gasteiger partial charge on any atom is -0.398 e. The van der Waals surface area contributed by atoms with Crippen molar-refractivity contribution in [2.75, 3.05) is 18.0 Å². The molecule has 3 N–H and O–H groups in total. The molecule has 0 unspecified atom stereocenters. The molecule has 5 heteroatoms. The number of nitrogen functional groups attached to an aromatic ring is 1. The first-order valence-corrected chi connectivity index (χ1v) is 6.06. The van der Waals surface area contributed by atoms with Crippen LogP contribution in [-0.4, -0.2) is 18.2 Å². The summed E-state index contributed by atoms with van der Waals surface area (Å²) in [5, 5.41) is 2.70. The Bertz CT molecular complexity index is 371. The molecule has 1 amide bonds. The maximum atomic E-state index is 12.9. The third-order valence-corrected chi connectivity index (χ3v) is 3.01. The van der Waals surface area contributed by atoms with Crippen LogP contribution in [0.2, 0.25) is 0 Å². The van der Waals surface area contributed by atoms with E-state index in [1.165, 1.54) is 30.0 Å². The minimum atomic E-state index is -0.310. The Labute approximate surface area is 98.6 Å². The van der Waals surface area contributed by atoms with Crippen molar-refractivity contribution < 1.29 is 9.18 Å². The van der Waals surface area contributed by atoms with Gasteiger partial charge in [0, 0.05) is 29.3 Å². The van der Waals surface area contributed by atoms with Crippen molar-refractivity contribution in [3.05, 3.63) is 24.0 Å². The van der Waals surface area contributed by atoms with Gasteiger partial charge in [-0.1, -0.05) is 0 Å². The number of hydrogen-bond donors (Lipinski definition) is 2. The zero-order chi connectivity index (χ0) is 12.0. The molecule has 1 aromatic carbocycles. The van der Waals surface area contributed by atoms with Crippen LogP contribution in [0.4, 0.5) is 10.1 Å². The van der Waals surface area contributed by atoms with Gasteiger partial charge in [-0.05, 0) is 25.1 Å². The van der Waals surface area contributed by atoms with Crippen molar-refractivity contribution in [1.29, 1.82) is 0 Å². The Balaban J connectivity index is 2.42. The summed E-state index contributed by atoms with van der Waals surface area (Å²) in [5.41, 5.74) is 6.22. The van der Waals surface area contributed by atoms with E-state index in [2.05, 4.69) is 5.32 Å². The molecule has 0 radical (unpaired) electrons. The lowest BCUT2D eigenvalue weighted by molar-refractivity contribution is -0.120. The summed E-state index contributed by atoms with van der Waals surface area (Å²) in [4.78, 5) is 11.8. The number of halogens is 1. The maximum absolute atomic E-state index is 12.9. The van der Waals surface area contributed by atoms with Gasteiger partial charge in [-0.3, -0.25) is 4.79 Å². The van der Waals surface area contributed by atoms with E-state index in [0.29, 0.717) is 29.3 Å². The number of benzene rings is 1. The Morgan fingerprint density at radius 1 is 1.56 bits per heavy atom. The molecule has 1 aromatic rings. The maximum Gasteiger partial charge on any atom is 0.220 e. The summed E-state index contributed by atoms with van der Waals surface area (Å²) < 4.78 is 12.9. The molecule has 0 fully saturated rings. The van der Waals surface area contributed by atoms with Gasteiger partial charge in [-0.25, -0.2) is 4.39 Å². The molecular weight excluding hydrogens is 227 g/mol. The van der Waals surface area contributed by atoms with Crippen molar-refractivity contribution in [2.24, 2.45) is 0 Å². The molecule has 0 heterocycles. The fraction of sp³-hybridized carbons (Fsp3) is 0.364. The van der Waals surface area contributed by atoms with Gasteiger partial charge in [-0.2, -0.15) is 0 Å². The number of nitrogens with two attached hydrogens (primary N) is 1. The average Bonchev–Trinajstić information content (AvgIpc) is 2.23. The fourth-order valence-electron chi connectivity index (χ4n) is 1.17. The molecule has 0 aliphatic rings. The van der Waals surface area contributed by atoms with Gasteiger partial charge in [0.05, 0.1) is 0 Å². The third kappa shape index (κ3) is 4.10. The van der Waals surface area contributed by atoms with E-state index < -0.39 is 0 Å². The van der Waals surface area contributed by atoms with E-state index >= 15 is 0 Å². The van der Waals surface area contributed by atoms with Crippen LogP contribution in [0.1, 0.15) is 13.3 Å². The lowest BCUT2D eigenvalue weighted by atomic mass is 10.3. The molecule has 0 aromatic heterocycles. The predicted octanol–water partition coefficient (Wildman–Crippen LogP) is 2.03. The molecule has 0 spiro atoms. The van der Waals surface area contributed by atoms with Crippen LogP contribution in [0.25, 0.3) is 0 Å². The van der Waals surface area contributed by atoms with Crippen LogP contribution >= 0.6 is 11.8 Å². The van der Waals surface area contributed by atoms with Crippen molar-refractivity contribution in [3.8, 4) is 0 Å². The molecule has 0 bridgehead atoms. The van der Waals surface area contributed by atoms with E-state index in [1.807, 2.05) is 6.92 Å². The molecule has 0 aliphatic heterocycles. The Hall–Kier alpha value is -1.23. The largest absolute Gasteiger partial charge is 0.398 e. The number of nitrogens with one attached hydrogen (secondary N) is 1. The number of anilines is 1. The van der Waals surface area contributed by atoms with Gasteiger partial charge in [0.15, 0.2) is 0 Å². The molecule has 3 nitrogen and oxygen atoms in total. The number of carbonyl (C=O) groups excluding carboxylic acids is 1. The van der Waals surface area contributed by atoms with Crippen LogP contribution in [0.15, 0.2) is 23.1 Å². The number of rotatable bonds is 5. The van der Waals surface area contributed by atoms with Gasteiger partial charge in [-0.15, -0.1) is 11.8 Å². The summed E-state index contributed by atoms with van der Waals surface area (Å²) in [6.07, 6.45) is 0.411. The highest BCUT2D eigenvalue weighted by Crippen LogP contribution is 2.26. The Kier molecular flexibility index (Phi) is 5.11. The summed E-state index contributed by atoms with van der Waals surface area (Å²) in [7, 11) is 0. The standard InChI is InChI=1S/C11H15FN2OS/c1-2-14-11(15)5-6-16-10-7-8(12)3-4-9(10)13/h3-4,7H,2,5-6,13H2,1H3,(H,14,15). The van der Waals surface area contributed by atoms with E-state index in [4.69, 9.17) is 5.73 Å². The second-order valence-corrected chi connectivity index (χ2v) is 4.37. The first-order valence-electron chi connectivity index (χ1n) is 5.08. The summed E-state index contributed by atoms with van der Waals surface area (Å²) >= 11 is 1.39. The highest BCUT2D eigenvalue weighted by atomic mass is 32.2. The Morgan fingerprint density at radius 2 is 2.31 bits per heavy atom. The first kappa shape index (κ1) is 12.8. The van der Waals surface area contributed by atoms with Crippen molar-refractivity contribution in [1.82, 2.24) is 5.32 Å². The van der Waals surface area contributed by atoms with Gasteiger partial charge in [0.1, 0.15) is 5.82 Å². The van der Waals surface area contributed by atoms with Gasteiger partial charge >= 0.3 is 0 Å². The predicted molar refractivity (Wildman–Crippen MR) is 64.8 cm³/mol. The molecule has 0 saturated heterocycles. The molecule has 0 atom stereocenters. The SMILES string of the molecule is CCNC(=O)CCSc1cc(F)ccc1N. The lowest BCUT2D eigenvalue weighted by Gasteiger charge is -2.05. The van der Waals surface area contributed by atoms with Gasteiger partial charge in [0.2, 0.25) is 5.91 Å². The molecule has 0 aliphatic carbocycles. The highest BCUT2D eigenvalue weighted by Gasteiger charge is 2.04. The normalized spacial score (nSPS) is 10.1. The number of carbonyl (C=O) groups is 1. The fourth-order valence-corrected chi connectivity index (χ4v) is 2.11. The van der Waals surface area contributed by atoms with Crippen LogP contribution in [0.3, 0.4) is 0 Å². The van der Waals surface area contributed by atoms with E-state index in [9.17, 15) is 9.18 Å². The zero-order valence-electron chi connectivity index (χ0n) is 9.13. The van der Waals surface area contributed by atoms with Crippen LogP contribution < -0.4 is 11.1 Å². The molecule has 88 valence electrons. The topological polar surface area (TPSA) is 55.1 Å². The quantitative estimate of drug-likeness (QED) is 0.613. The second-order valence-electron chi connectivity index (χ2n) is 3.23. The van der Waals surface area contributed by atoms with Gasteiger partial charge < -0.3 is 11.1 Å². The summed E-state index contributed by atoms with van der Waals surface area (Å²) in [6, 6.07) is 4.24. The number of thioether (sulfide) groups is 1.